The lowest BCUT2D eigenvalue weighted by Crippen LogP contribution is -2.12. The Balaban J connectivity index is 2.93. The zero-order valence-electron chi connectivity index (χ0n) is 6.64. The number of nitrogens with zero attached hydrogens (tertiary/aromatic N) is 2. The molecule has 74 valence electrons. The van der Waals surface area contributed by atoms with Gasteiger partial charge in [-0.05, 0) is 12.1 Å². The lowest BCUT2D eigenvalue weighted by atomic mass is 10.3. The Morgan fingerprint density at radius 1 is 1.43 bits per heavy atom. The SMILES string of the molecule is NS(=O)(=O)c1ccc(F)c2onnc12. The number of primary sulfonamides is 1. The monoisotopic (exact) mass is 217 g/mol. The van der Waals surface area contributed by atoms with E-state index in [9.17, 15) is 12.8 Å². The van der Waals surface area contributed by atoms with Gasteiger partial charge in [0.25, 0.3) is 0 Å². The molecule has 0 radical (unpaired) electrons. The maximum atomic E-state index is 13.0. The van der Waals surface area contributed by atoms with Crippen molar-refractivity contribution in [3.05, 3.63) is 17.9 Å². The van der Waals surface area contributed by atoms with E-state index in [4.69, 9.17) is 5.14 Å². The van der Waals surface area contributed by atoms with Gasteiger partial charge in [0.15, 0.2) is 11.3 Å². The maximum absolute atomic E-state index is 13.0. The van der Waals surface area contributed by atoms with E-state index in [-0.39, 0.29) is 16.0 Å². The molecule has 0 spiro atoms. The van der Waals surface area contributed by atoms with Gasteiger partial charge < -0.3 is 4.52 Å². The van der Waals surface area contributed by atoms with E-state index in [0.717, 1.165) is 12.1 Å². The van der Waals surface area contributed by atoms with E-state index < -0.39 is 15.8 Å². The molecule has 0 bridgehead atoms. The quantitative estimate of drug-likeness (QED) is 0.725. The molecule has 6 nitrogen and oxygen atoms in total. The van der Waals surface area contributed by atoms with Crippen molar-refractivity contribution in [2.75, 3.05) is 0 Å². The molecule has 0 saturated carbocycles. The van der Waals surface area contributed by atoms with Crippen molar-refractivity contribution < 1.29 is 17.3 Å². The summed E-state index contributed by atoms with van der Waals surface area (Å²) in [5.74, 6) is -0.739. The molecule has 2 N–H and O–H groups in total. The summed E-state index contributed by atoms with van der Waals surface area (Å²) in [5, 5.41) is 11.3. The second-order valence-electron chi connectivity index (χ2n) is 2.54. The maximum Gasteiger partial charge on any atom is 0.240 e. The lowest BCUT2D eigenvalue weighted by Gasteiger charge is -1.96. The van der Waals surface area contributed by atoms with E-state index in [1.54, 1.807) is 0 Å². The number of sulfonamides is 1. The summed E-state index contributed by atoms with van der Waals surface area (Å²) in [4.78, 5) is -0.310. The van der Waals surface area contributed by atoms with Crippen molar-refractivity contribution in [3.63, 3.8) is 0 Å². The second-order valence-corrected chi connectivity index (χ2v) is 4.07. The zero-order chi connectivity index (χ0) is 10.3. The van der Waals surface area contributed by atoms with Crippen LogP contribution in [0.1, 0.15) is 0 Å². The molecular weight excluding hydrogens is 213 g/mol. The van der Waals surface area contributed by atoms with Crippen LogP contribution in [0.5, 0.6) is 0 Å². The van der Waals surface area contributed by atoms with Crippen LogP contribution < -0.4 is 5.14 Å². The van der Waals surface area contributed by atoms with Crippen molar-refractivity contribution in [3.8, 4) is 0 Å². The summed E-state index contributed by atoms with van der Waals surface area (Å²) in [6.07, 6.45) is 0. The molecule has 1 aromatic carbocycles. The van der Waals surface area contributed by atoms with Gasteiger partial charge in [-0.3, -0.25) is 0 Å². The molecule has 8 heteroatoms. The van der Waals surface area contributed by atoms with Gasteiger partial charge in [0.1, 0.15) is 4.90 Å². The van der Waals surface area contributed by atoms with Crippen LogP contribution in [0.15, 0.2) is 21.6 Å². The third kappa shape index (κ3) is 1.24. The summed E-state index contributed by atoms with van der Waals surface area (Å²) in [6, 6.07) is 1.94. The van der Waals surface area contributed by atoms with Crippen molar-refractivity contribution in [1.82, 2.24) is 10.4 Å². The van der Waals surface area contributed by atoms with Crippen LogP contribution >= 0.6 is 0 Å². The fourth-order valence-corrected chi connectivity index (χ4v) is 1.70. The smallest absolute Gasteiger partial charge is 0.240 e. The number of nitrogens with two attached hydrogens (primary N) is 1. The predicted molar refractivity (Wildman–Crippen MR) is 43.1 cm³/mol. The minimum atomic E-state index is -3.95. The third-order valence-corrected chi connectivity index (χ3v) is 2.57. The third-order valence-electron chi connectivity index (χ3n) is 1.63. The van der Waals surface area contributed by atoms with Crippen LogP contribution in [0.4, 0.5) is 4.39 Å². The number of hydrogen-bond acceptors (Lipinski definition) is 5. The highest BCUT2D eigenvalue weighted by Crippen LogP contribution is 2.21. The van der Waals surface area contributed by atoms with Gasteiger partial charge in [0, 0.05) is 5.27 Å². The molecule has 1 heterocycles. The second kappa shape index (κ2) is 2.72. The highest BCUT2D eigenvalue weighted by atomic mass is 32.2. The molecule has 0 aliphatic carbocycles. The Labute approximate surface area is 77.5 Å². The van der Waals surface area contributed by atoms with Gasteiger partial charge in [-0.25, -0.2) is 17.9 Å². The molecule has 0 aliphatic heterocycles. The number of rotatable bonds is 1. The van der Waals surface area contributed by atoms with Gasteiger partial charge >= 0.3 is 0 Å². The molecule has 0 saturated heterocycles. The number of halogens is 1. The number of hydrogen-bond donors (Lipinski definition) is 1. The first-order chi connectivity index (χ1) is 6.50. The molecule has 2 aromatic rings. The first kappa shape index (κ1) is 9.03. The Hall–Kier alpha value is -1.54. The average molecular weight is 217 g/mol. The van der Waals surface area contributed by atoms with E-state index in [2.05, 4.69) is 14.9 Å². The summed E-state index contributed by atoms with van der Waals surface area (Å²) in [6.45, 7) is 0. The Morgan fingerprint density at radius 3 is 2.79 bits per heavy atom. The van der Waals surface area contributed by atoms with Crippen molar-refractivity contribution in [1.29, 1.82) is 0 Å². The van der Waals surface area contributed by atoms with Gasteiger partial charge in [0.2, 0.25) is 15.6 Å². The fourth-order valence-electron chi connectivity index (χ4n) is 1.04. The van der Waals surface area contributed by atoms with E-state index in [1.165, 1.54) is 0 Å². The van der Waals surface area contributed by atoms with Gasteiger partial charge in [-0.1, -0.05) is 0 Å². The minimum Gasteiger partial charge on any atom is -0.334 e. The summed E-state index contributed by atoms with van der Waals surface area (Å²) >= 11 is 0. The largest absolute Gasteiger partial charge is 0.334 e. The Bertz CT molecular complexity index is 591. The number of benzene rings is 1. The van der Waals surface area contributed by atoms with Crippen LogP contribution in [0.3, 0.4) is 0 Å². The Morgan fingerprint density at radius 2 is 2.14 bits per heavy atom. The van der Waals surface area contributed by atoms with Crippen LogP contribution in [-0.4, -0.2) is 18.8 Å². The topological polar surface area (TPSA) is 99.1 Å². The molecule has 14 heavy (non-hydrogen) atoms. The van der Waals surface area contributed by atoms with E-state index >= 15 is 0 Å². The summed E-state index contributed by atoms with van der Waals surface area (Å²) < 4.78 is 39.4. The van der Waals surface area contributed by atoms with Crippen molar-refractivity contribution >= 4 is 21.1 Å². The van der Waals surface area contributed by atoms with E-state index in [0.29, 0.717) is 0 Å². The normalized spacial score (nSPS) is 12.1. The average Bonchev–Trinajstić information content (AvgIpc) is 2.50. The fraction of sp³-hybridized carbons (Fsp3) is 0. The molecule has 0 aliphatic rings. The summed E-state index contributed by atoms with van der Waals surface area (Å²) in [7, 11) is -3.95. The first-order valence-electron chi connectivity index (χ1n) is 3.43. The zero-order valence-corrected chi connectivity index (χ0v) is 7.45. The number of fused-ring (bicyclic) bond motifs is 1. The van der Waals surface area contributed by atoms with Gasteiger partial charge in [-0.15, -0.1) is 5.10 Å². The lowest BCUT2D eigenvalue weighted by molar-refractivity contribution is 0.412. The van der Waals surface area contributed by atoms with Crippen molar-refractivity contribution in [2.45, 2.75) is 4.90 Å². The molecule has 0 atom stereocenters. The van der Waals surface area contributed by atoms with Gasteiger partial charge in [0.05, 0.1) is 0 Å². The van der Waals surface area contributed by atoms with E-state index in [1.807, 2.05) is 0 Å². The first-order valence-corrected chi connectivity index (χ1v) is 4.98. The van der Waals surface area contributed by atoms with Gasteiger partial charge in [-0.2, -0.15) is 0 Å². The summed E-state index contributed by atoms with van der Waals surface area (Å²) in [5.41, 5.74) is -0.524. The van der Waals surface area contributed by atoms with Crippen LogP contribution in [-0.2, 0) is 10.0 Å². The predicted octanol–water partition coefficient (Wildman–Crippen LogP) is 0.00930. The standard InChI is InChI=1S/C6H4FN3O3S/c7-3-1-2-4(14(8,11)12)5-6(3)13-10-9-5/h1-2H,(H2,8,11,12). The molecule has 0 fully saturated rings. The highest BCUT2D eigenvalue weighted by Gasteiger charge is 2.18. The van der Waals surface area contributed by atoms with Crippen LogP contribution in [0.25, 0.3) is 11.1 Å². The molecule has 0 amide bonds. The van der Waals surface area contributed by atoms with Crippen LogP contribution in [0, 0.1) is 5.82 Å². The van der Waals surface area contributed by atoms with Crippen LogP contribution in [0.2, 0.25) is 0 Å². The highest BCUT2D eigenvalue weighted by molar-refractivity contribution is 7.89. The molecule has 2 rings (SSSR count). The minimum absolute atomic E-state index is 0.201. The Kier molecular flexibility index (Phi) is 1.76. The molecule has 1 aromatic heterocycles. The van der Waals surface area contributed by atoms with Crippen molar-refractivity contribution in [2.24, 2.45) is 5.14 Å². The molecular formula is C6H4FN3O3S. The molecule has 0 unspecified atom stereocenters. The number of aromatic nitrogens is 2.